The molecule has 1 aromatic rings. The van der Waals surface area contributed by atoms with Crippen molar-refractivity contribution in [1.82, 2.24) is 5.32 Å². The van der Waals surface area contributed by atoms with Crippen LogP contribution in [0.4, 0.5) is 5.69 Å². The fraction of sp³-hybridized carbons (Fsp3) is 0.562. The average molecular weight is 292 g/mol. The summed E-state index contributed by atoms with van der Waals surface area (Å²) in [6, 6.07) is 8.53. The van der Waals surface area contributed by atoms with Gasteiger partial charge >= 0.3 is 0 Å². The molecule has 20 heavy (non-hydrogen) atoms. The molecule has 1 saturated carbocycles. The predicted octanol–water partition coefficient (Wildman–Crippen LogP) is 3.66. The van der Waals surface area contributed by atoms with Crippen LogP contribution in [0.3, 0.4) is 0 Å². The van der Waals surface area contributed by atoms with Crippen LogP contribution >= 0.6 is 11.8 Å². The van der Waals surface area contributed by atoms with E-state index < -0.39 is 0 Å². The number of hydrogen-bond acceptors (Lipinski definition) is 3. The Morgan fingerprint density at radius 3 is 2.70 bits per heavy atom. The number of amides is 1. The molecule has 0 aromatic heterocycles. The average Bonchev–Trinajstić information content (AvgIpc) is 2.74. The third kappa shape index (κ3) is 5.08. The van der Waals surface area contributed by atoms with Crippen molar-refractivity contribution in [3.05, 3.63) is 24.3 Å². The maximum atomic E-state index is 12.0. The summed E-state index contributed by atoms with van der Waals surface area (Å²) in [5.74, 6) is 0.103. The summed E-state index contributed by atoms with van der Waals surface area (Å²) in [5, 5.41) is 6.35. The van der Waals surface area contributed by atoms with E-state index in [9.17, 15) is 4.79 Å². The molecule has 1 fully saturated rings. The molecule has 110 valence electrons. The maximum Gasteiger partial charge on any atom is 0.239 e. The molecule has 3 nitrogen and oxygen atoms in total. The number of hydrogen-bond donors (Lipinski definition) is 2. The van der Waals surface area contributed by atoms with Gasteiger partial charge in [0.2, 0.25) is 5.91 Å². The zero-order valence-electron chi connectivity index (χ0n) is 12.2. The summed E-state index contributed by atoms with van der Waals surface area (Å²) >= 11 is 1.71. The van der Waals surface area contributed by atoms with Crippen molar-refractivity contribution in [3.63, 3.8) is 0 Å². The lowest BCUT2D eigenvalue weighted by atomic mass is 10.1. The van der Waals surface area contributed by atoms with Crippen molar-refractivity contribution >= 4 is 23.4 Å². The molecule has 2 N–H and O–H groups in total. The van der Waals surface area contributed by atoms with Gasteiger partial charge in [0.25, 0.3) is 0 Å². The lowest BCUT2D eigenvalue weighted by Gasteiger charge is -2.16. The van der Waals surface area contributed by atoms with Crippen LogP contribution in [0.15, 0.2) is 29.2 Å². The summed E-state index contributed by atoms with van der Waals surface area (Å²) < 4.78 is 0. The highest BCUT2D eigenvalue weighted by atomic mass is 32.2. The van der Waals surface area contributed by atoms with Crippen molar-refractivity contribution in [2.24, 2.45) is 0 Å². The Hall–Kier alpha value is -1.16. The summed E-state index contributed by atoms with van der Waals surface area (Å²) in [6.45, 7) is 0.355. The van der Waals surface area contributed by atoms with Crippen LogP contribution < -0.4 is 10.6 Å². The highest BCUT2D eigenvalue weighted by Crippen LogP contribution is 2.19. The Bertz CT molecular complexity index is 428. The molecule has 0 saturated heterocycles. The van der Waals surface area contributed by atoms with Gasteiger partial charge in [0.05, 0.1) is 6.54 Å². The van der Waals surface area contributed by atoms with Gasteiger partial charge in [-0.05, 0) is 37.3 Å². The first-order valence-electron chi connectivity index (χ1n) is 7.45. The third-order valence-corrected chi connectivity index (χ3v) is 4.47. The summed E-state index contributed by atoms with van der Waals surface area (Å²) in [4.78, 5) is 13.2. The molecule has 1 aromatic carbocycles. The number of carbonyl (C=O) groups is 1. The van der Waals surface area contributed by atoms with Gasteiger partial charge in [-0.3, -0.25) is 4.79 Å². The molecule has 0 heterocycles. The zero-order chi connectivity index (χ0) is 14.2. The third-order valence-electron chi connectivity index (χ3n) is 3.74. The van der Waals surface area contributed by atoms with E-state index in [0.29, 0.717) is 12.6 Å². The number of thioether (sulfide) groups is 1. The van der Waals surface area contributed by atoms with Crippen LogP contribution in [0.5, 0.6) is 0 Å². The fourth-order valence-corrected chi connectivity index (χ4v) is 3.08. The van der Waals surface area contributed by atoms with Crippen molar-refractivity contribution in [3.8, 4) is 0 Å². The fourth-order valence-electron chi connectivity index (χ4n) is 2.62. The number of anilines is 1. The molecular formula is C16H24N2OS. The molecule has 0 radical (unpaired) electrons. The monoisotopic (exact) mass is 292 g/mol. The van der Waals surface area contributed by atoms with Crippen LogP contribution in [0.2, 0.25) is 0 Å². The van der Waals surface area contributed by atoms with Crippen LogP contribution in [0.1, 0.15) is 38.5 Å². The van der Waals surface area contributed by atoms with Gasteiger partial charge in [-0.15, -0.1) is 11.8 Å². The van der Waals surface area contributed by atoms with E-state index in [-0.39, 0.29) is 5.91 Å². The Balaban J connectivity index is 1.76. The second-order valence-corrected chi connectivity index (χ2v) is 6.22. The molecule has 4 heteroatoms. The van der Waals surface area contributed by atoms with Gasteiger partial charge in [-0.2, -0.15) is 0 Å². The van der Waals surface area contributed by atoms with E-state index in [1.54, 1.807) is 11.8 Å². The van der Waals surface area contributed by atoms with Crippen LogP contribution in [0, 0.1) is 0 Å². The van der Waals surface area contributed by atoms with Gasteiger partial charge in [0.15, 0.2) is 0 Å². The maximum absolute atomic E-state index is 12.0. The number of rotatable bonds is 5. The Morgan fingerprint density at radius 2 is 2.00 bits per heavy atom. The van der Waals surface area contributed by atoms with Crippen LogP contribution in [-0.4, -0.2) is 24.7 Å². The summed E-state index contributed by atoms with van der Waals surface area (Å²) in [5.41, 5.74) is 1.01. The minimum absolute atomic E-state index is 0.103. The minimum atomic E-state index is 0.103. The second-order valence-electron chi connectivity index (χ2n) is 5.34. The first-order chi connectivity index (χ1) is 9.78. The molecule has 0 spiro atoms. The molecular weight excluding hydrogens is 268 g/mol. The van der Waals surface area contributed by atoms with Gasteiger partial charge in [0, 0.05) is 16.6 Å². The Kier molecular flexibility index (Phi) is 6.25. The zero-order valence-corrected chi connectivity index (χ0v) is 13.0. The Labute approximate surface area is 125 Å². The van der Waals surface area contributed by atoms with E-state index >= 15 is 0 Å². The van der Waals surface area contributed by atoms with Crippen molar-refractivity contribution in [2.45, 2.75) is 49.5 Å². The topological polar surface area (TPSA) is 41.1 Å². The van der Waals surface area contributed by atoms with Gasteiger partial charge in [0.1, 0.15) is 0 Å². The van der Waals surface area contributed by atoms with Crippen molar-refractivity contribution in [2.75, 3.05) is 18.1 Å². The second kappa shape index (κ2) is 8.20. The number of carbonyl (C=O) groups excluding carboxylic acids is 1. The molecule has 0 bridgehead atoms. The minimum Gasteiger partial charge on any atom is -0.376 e. The standard InChI is InChI=1S/C16H24N2OS/c1-20-15-10-6-9-14(11-15)17-12-16(19)18-13-7-4-2-3-5-8-13/h6,9-11,13,17H,2-5,7-8,12H2,1H3,(H,18,19). The normalized spacial score (nSPS) is 16.4. The molecule has 0 aliphatic heterocycles. The van der Waals surface area contributed by atoms with Crippen molar-refractivity contribution < 1.29 is 4.79 Å². The molecule has 1 aliphatic carbocycles. The van der Waals surface area contributed by atoms with Gasteiger partial charge in [-0.1, -0.05) is 31.7 Å². The molecule has 2 rings (SSSR count). The SMILES string of the molecule is CSc1cccc(NCC(=O)NC2CCCCCC2)c1. The first kappa shape index (κ1) is 15.2. The van der Waals surface area contributed by atoms with E-state index in [1.807, 2.05) is 12.1 Å². The number of nitrogens with one attached hydrogen (secondary N) is 2. The molecule has 1 aliphatic rings. The predicted molar refractivity (Wildman–Crippen MR) is 86.3 cm³/mol. The van der Waals surface area contributed by atoms with E-state index in [4.69, 9.17) is 0 Å². The largest absolute Gasteiger partial charge is 0.376 e. The van der Waals surface area contributed by atoms with Crippen molar-refractivity contribution in [1.29, 1.82) is 0 Å². The van der Waals surface area contributed by atoms with Crippen LogP contribution in [-0.2, 0) is 4.79 Å². The lowest BCUT2D eigenvalue weighted by molar-refractivity contribution is -0.120. The highest BCUT2D eigenvalue weighted by molar-refractivity contribution is 7.98. The van der Waals surface area contributed by atoms with E-state index in [2.05, 4.69) is 29.0 Å². The smallest absolute Gasteiger partial charge is 0.239 e. The van der Waals surface area contributed by atoms with Crippen LogP contribution in [0.25, 0.3) is 0 Å². The highest BCUT2D eigenvalue weighted by Gasteiger charge is 2.14. The lowest BCUT2D eigenvalue weighted by Crippen LogP contribution is -2.38. The molecule has 0 unspecified atom stereocenters. The Morgan fingerprint density at radius 1 is 1.25 bits per heavy atom. The molecule has 1 amide bonds. The van der Waals surface area contributed by atoms with E-state index in [0.717, 1.165) is 18.5 Å². The summed E-state index contributed by atoms with van der Waals surface area (Å²) in [6.07, 6.45) is 9.43. The quantitative estimate of drug-likeness (QED) is 0.643. The van der Waals surface area contributed by atoms with Gasteiger partial charge in [-0.25, -0.2) is 0 Å². The van der Waals surface area contributed by atoms with Gasteiger partial charge < -0.3 is 10.6 Å². The first-order valence-corrected chi connectivity index (χ1v) is 8.67. The number of benzene rings is 1. The summed E-state index contributed by atoms with van der Waals surface area (Å²) in [7, 11) is 0. The molecule has 0 atom stereocenters. The van der Waals surface area contributed by atoms with E-state index in [1.165, 1.54) is 30.6 Å².